The van der Waals surface area contributed by atoms with Gasteiger partial charge in [0.2, 0.25) is 5.78 Å². The van der Waals surface area contributed by atoms with Crippen LogP contribution in [0.4, 0.5) is 4.39 Å². The van der Waals surface area contributed by atoms with Crippen molar-refractivity contribution in [1.82, 2.24) is 9.88 Å². The maximum Gasteiger partial charge on any atom is 0.354 e. The predicted molar refractivity (Wildman–Crippen MR) is 112 cm³/mol. The zero-order chi connectivity index (χ0) is 23.7. The van der Waals surface area contributed by atoms with Crippen molar-refractivity contribution >= 4 is 23.4 Å². The van der Waals surface area contributed by atoms with Gasteiger partial charge in [0.15, 0.2) is 0 Å². The van der Waals surface area contributed by atoms with Crippen molar-refractivity contribution in [3.8, 4) is 0 Å². The van der Waals surface area contributed by atoms with Crippen LogP contribution < -0.4 is 10.0 Å². The first-order valence-corrected chi connectivity index (χ1v) is 10.2. The summed E-state index contributed by atoms with van der Waals surface area (Å²) >= 11 is 0. The minimum atomic E-state index is -0.947. The number of benzene rings is 1. The van der Waals surface area contributed by atoms with Crippen LogP contribution in [0.3, 0.4) is 0 Å². The number of carbonyl (C=O) groups excluding carboxylic acids is 3. The monoisotopic (exact) mass is 443 g/mol. The third-order valence-corrected chi connectivity index (χ3v) is 5.62. The molecule has 1 atom stereocenters. The Labute approximate surface area is 185 Å². The number of likely N-dealkylation sites (N-methyl/N-ethyl adjacent to an activating group) is 1. The van der Waals surface area contributed by atoms with E-state index in [1.165, 1.54) is 36.3 Å². The molecular weight excluding hydrogens is 417 g/mol. The lowest BCUT2D eigenvalue weighted by Crippen LogP contribution is -3.06. The molecule has 3 rings (SSSR count). The molecule has 2 aromatic rings. The average molecular weight is 443 g/mol. The molecule has 0 saturated carbocycles. The van der Waals surface area contributed by atoms with Crippen LogP contribution in [0, 0.1) is 19.7 Å². The lowest BCUT2D eigenvalue weighted by atomic mass is 9.94. The Morgan fingerprint density at radius 2 is 1.84 bits per heavy atom. The van der Waals surface area contributed by atoms with E-state index in [1.807, 2.05) is 14.1 Å². The molecule has 1 aliphatic heterocycles. The number of quaternary nitrogens is 1. The van der Waals surface area contributed by atoms with Gasteiger partial charge < -0.3 is 24.6 Å². The SMILES string of the molecule is COC(=O)c1[nH]c(C)c(C([O-])=C2C(=O)C(=O)N(CC[NH+](C)C)C2c2ccc(F)cc2)c1C. The molecule has 0 spiro atoms. The van der Waals surface area contributed by atoms with Gasteiger partial charge in [-0.05, 0) is 42.7 Å². The van der Waals surface area contributed by atoms with E-state index in [0.29, 0.717) is 23.4 Å². The number of aromatic amines is 1. The Morgan fingerprint density at radius 1 is 1.22 bits per heavy atom. The fraction of sp³-hybridized carbons (Fsp3) is 0.348. The van der Waals surface area contributed by atoms with Gasteiger partial charge in [-0.2, -0.15) is 0 Å². The molecule has 1 amide bonds. The lowest BCUT2D eigenvalue weighted by Gasteiger charge is -2.28. The fourth-order valence-corrected chi connectivity index (χ4v) is 3.97. The number of carbonyl (C=O) groups is 3. The Hall–Kier alpha value is -3.46. The molecule has 1 aromatic carbocycles. The van der Waals surface area contributed by atoms with Gasteiger partial charge in [-0.25, -0.2) is 9.18 Å². The molecule has 1 aromatic heterocycles. The van der Waals surface area contributed by atoms with Crippen LogP contribution in [0.5, 0.6) is 0 Å². The van der Waals surface area contributed by atoms with Crippen molar-refractivity contribution < 1.29 is 33.5 Å². The molecule has 1 aliphatic rings. The van der Waals surface area contributed by atoms with Crippen LogP contribution in [0.25, 0.3) is 5.76 Å². The van der Waals surface area contributed by atoms with E-state index in [0.717, 1.165) is 4.90 Å². The highest BCUT2D eigenvalue weighted by atomic mass is 19.1. The van der Waals surface area contributed by atoms with Gasteiger partial charge in [0.25, 0.3) is 5.91 Å². The minimum Gasteiger partial charge on any atom is -0.872 e. The number of ether oxygens (including phenoxy) is 1. The second-order valence-electron chi connectivity index (χ2n) is 8.10. The van der Waals surface area contributed by atoms with Gasteiger partial charge in [0.1, 0.15) is 11.5 Å². The number of ketones is 1. The van der Waals surface area contributed by atoms with Crippen LogP contribution >= 0.6 is 0 Å². The number of hydrogen-bond donors (Lipinski definition) is 2. The molecular formula is C23H26FN3O5. The summed E-state index contributed by atoms with van der Waals surface area (Å²) in [7, 11) is 5.04. The zero-order valence-electron chi connectivity index (χ0n) is 18.7. The van der Waals surface area contributed by atoms with E-state index in [1.54, 1.807) is 13.8 Å². The van der Waals surface area contributed by atoms with E-state index in [2.05, 4.69) is 4.98 Å². The number of halogens is 1. The fourth-order valence-electron chi connectivity index (χ4n) is 3.97. The Morgan fingerprint density at radius 3 is 2.41 bits per heavy atom. The predicted octanol–water partition coefficient (Wildman–Crippen LogP) is -0.0743. The number of likely N-dealkylation sites (tertiary alicyclic amines) is 1. The number of esters is 1. The maximum atomic E-state index is 13.6. The van der Waals surface area contributed by atoms with Crippen molar-refractivity contribution in [2.45, 2.75) is 19.9 Å². The highest BCUT2D eigenvalue weighted by molar-refractivity contribution is 6.46. The molecule has 0 bridgehead atoms. The first kappa shape index (κ1) is 23.2. The van der Waals surface area contributed by atoms with Crippen molar-refractivity contribution in [2.24, 2.45) is 0 Å². The summed E-state index contributed by atoms with van der Waals surface area (Å²) < 4.78 is 18.3. The van der Waals surface area contributed by atoms with Crippen molar-refractivity contribution in [3.05, 3.63) is 63.7 Å². The van der Waals surface area contributed by atoms with Crippen LogP contribution in [-0.4, -0.2) is 61.8 Å². The van der Waals surface area contributed by atoms with Crippen LogP contribution in [0.1, 0.15) is 38.9 Å². The summed E-state index contributed by atoms with van der Waals surface area (Å²) in [5.41, 5.74) is 1.22. The molecule has 1 unspecified atom stereocenters. The molecule has 170 valence electrons. The number of hydrogen-bond acceptors (Lipinski definition) is 5. The number of H-pyrrole nitrogens is 1. The van der Waals surface area contributed by atoms with Crippen LogP contribution in [-0.2, 0) is 14.3 Å². The van der Waals surface area contributed by atoms with Crippen molar-refractivity contribution in [1.29, 1.82) is 0 Å². The van der Waals surface area contributed by atoms with Gasteiger partial charge in [0.05, 0.1) is 40.3 Å². The molecule has 0 radical (unpaired) electrons. The smallest absolute Gasteiger partial charge is 0.354 e. The molecule has 2 heterocycles. The molecule has 9 heteroatoms. The number of rotatable bonds is 6. The topological polar surface area (TPSA) is 107 Å². The van der Waals surface area contributed by atoms with Crippen molar-refractivity contribution in [3.63, 3.8) is 0 Å². The molecule has 8 nitrogen and oxygen atoms in total. The standard InChI is InChI=1S/C23H26FN3O5/c1-12-16(13(2)25-18(12)23(31)32-5)20(28)17-19(14-6-8-15(24)9-7-14)27(11-10-26(3)4)22(30)21(17)29/h6-9,19,25,28H,10-11H2,1-5H3. The van der Waals surface area contributed by atoms with E-state index >= 15 is 0 Å². The first-order valence-electron chi connectivity index (χ1n) is 10.2. The van der Waals surface area contributed by atoms with Crippen molar-refractivity contribution in [2.75, 3.05) is 34.3 Å². The van der Waals surface area contributed by atoms with E-state index in [4.69, 9.17) is 4.74 Å². The number of aryl methyl sites for hydroxylation is 1. The molecule has 32 heavy (non-hydrogen) atoms. The largest absolute Gasteiger partial charge is 0.872 e. The number of nitrogens with one attached hydrogen (secondary N) is 2. The van der Waals surface area contributed by atoms with Gasteiger partial charge in [-0.1, -0.05) is 17.9 Å². The summed E-state index contributed by atoms with van der Waals surface area (Å²) in [6.07, 6.45) is 0. The van der Waals surface area contributed by atoms with Gasteiger partial charge in [-0.15, -0.1) is 0 Å². The lowest BCUT2D eigenvalue weighted by molar-refractivity contribution is -0.857. The summed E-state index contributed by atoms with van der Waals surface area (Å²) in [6.45, 7) is 3.97. The average Bonchev–Trinajstić information content (AvgIpc) is 3.18. The Bertz CT molecular complexity index is 1100. The third kappa shape index (κ3) is 4.03. The third-order valence-electron chi connectivity index (χ3n) is 5.62. The van der Waals surface area contributed by atoms with Crippen LogP contribution in [0.2, 0.25) is 0 Å². The normalized spacial score (nSPS) is 18.0. The molecule has 1 fully saturated rings. The second kappa shape index (κ2) is 8.96. The zero-order valence-corrected chi connectivity index (χ0v) is 18.7. The summed E-state index contributed by atoms with van der Waals surface area (Å²) in [6, 6.07) is 4.43. The maximum absolute atomic E-state index is 13.6. The molecule has 2 N–H and O–H groups in total. The van der Waals surface area contributed by atoms with Gasteiger partial charge in [-0.3, -0.25) is 9.59 Å². The van der Waals surface area contributed by atoms with Crippen LogP contribution in [0.15, 0.2) is 29.8 Å². The first-order chi connectivity index (χ1) is 15.1. The van der Waals surface area contributed by atoms with Gasteiger partial charge >= 0.3 is 5.97 Å². The highest BCUT2D eigenvalue weighted by Crippen LogP contribution is 2.39. The number of aromatic nitrogens is 1. The number of Topliss-reactive ketones (excluding diaryl/α,β-unsaturated/α-hetero) is 1. The second-order valence-corrected chi connectivity index (χ2v) is 8.10. The van der Waals surface area contributed by atoms with E-state index in [-0.39, 0.29) is 23.4 Å². The van der Waals surface area contributed by atoms with Gasteiger partial charge in [0, 0.05) is 11.3 Å². The Kier molecular flexibility index (Phi) is 6.50. The highest BCUT2D eigenvalue weighted by Gasteiger charge is 2.44. The summed E-state index contributed by atoms with van der Waals surface area (Å²) in [4.78, 5) is 43.2. The summed E-state index contributed by atoms with van der Waals surface area (Å²) in [5, 5.41) is 13.6. The molecule has 1 saturated heterocycles. The molecule has 0 aliphatic carbocycles. The quantitative estimate of drug-likeness (QED) is 0.281. The number of nitrogens with zero attached hydrogens (tertiary/aromatic N) is 1. The van der Waals surface area contributed by atoms with E-state index < -0.39 is 35.3 Å². The van der Waals surface area contributed by atoms with E-state index in [9.17, 15) is 23.9 Å². The number of methoxy groups -OCH3 is 1. The summed E-state index contributed by atoms with van der Waals surface area (Å²) in [5.74, 6) is -3.42. The minimum absolute atomic E-state index is 0.108. The number of amides is 1. The Balaban J connectivity index is 2.21.